The SMILES string of the molecule is COCCCOCCSc1cccc(CN)c1. The number of ether oxygens (including phenoxy) is 2. The van der Waals surface area contributed by atoms with Crippen LogP contribution in [0, 0.1) is 0 Å². The van der Waals surface area contributed by atoms with E-state index in [-0.39, 0.29) is 0 Å². The fraction of sp³-hybridized carbons (Fsp3) is 0.538. The Hall–Kier alpha value is -0.550. The number of thioether (sulfide) groups is 1. The van der Waals surface area contributed by atoms with Crippen LogP contribution in [0.3, 0.4) is 0 Å². The van der Waals surface area contributed by atoms with Gasteiger partial charge < -0.3 is 15.2 Å². The standard InChI is InChI=1S/C13H21NO2S/c1-15-6-3-7-16-8-9-17-13-5-2-4-12(10-13)11-14/h2,4-5,10H,3,6-9,11,14H2,1H3. The molecule has 3 nitrogen and oxygen atoms in total. The van der Waals surface area contributed by atoms with Crippen LogP contribution in [0.5, 0.6) is 0 Å². The van der Waals surface area contributed by atoms with Crippen molar-refractivity contribution in [2.75, 3.05) is 32.7 Å². The highest BCUT2D eigenvalue weighted by atomic mass is 32.2. The third kappa shape index (κ3) is 6.68. The first-order valence-electron chi connectivity index (χ1n) is 5.85. The van der Waals surface area contributed by atoms with Crippen molar-refractivity contribution >= 4 is 11.8 Å². The zero-order valence-corrected chi connectivity index (χ0v) is 11.2. The molecule has 0 aliphatic carbocycles. The number of hydrogen-bond donors (Lipinski definition) is 1. The predicted octanol–water partition coefficient (Wildman–Crippen LogP) is 2.29. The van der Waals surface area contributed by atoms with Gasteiger partial charge in [0, 0.05) is 37.5 Å². The number of methoxy groups -OCH3 is 1. The van der Waals surface area contributed by atoms with Crippen LogP contribution in [0.25, 0.3) is 0 Å². The van der Waals surface area contributed by atoms with Crippen molar-refractivity contribution in [2.45, 2.75) is 17.9 Å². The average molecular weight is 255 g/mol. The highest BCUT2D eigenvalue weighted by molar-refractivity contribution is 7.99. The van der Waals surface area contributed by atoms with Gasteiger partial charge >= 0.3 is 0 Å². The van der Waals surface area contributed by atoms with Crippen LogP contribution in [0.15, 0.2) is 29.2 Å². The number of hydrogen-bond acceptors (Lipinski definition) is 4. The summed E-state index contributed by atoms with van der Waals surface area (Å²) in [7, 11) is 1.71. The van der Waals surface area contributed by atoms with Crippen molar-refractivity contribution in [1.29, 1.82) is 0 Å². The number of benzene rings is 1. The average Bonchev–Trinajstić information content (AvgIpc) is 2.38. The molecule has 1 rings (SSSR count). The van der Waals surface area contributed by atoms with E-state index in [1.807, 2.05) is 12.1 Å². The summed E-state index contributed by atoms with van der Waals surface area (Å²) in [5.74, 6) is 0.973. The van der Waals surface area contributed by atoms with Crippen LogP contribution in [0.2, 0.25) is 0 Å². The summed E-state index contributed by atoms with van der Waals surface area (Å²) < 4.78 is 10.4. The molecule has 0 heterocycles. The molecule has 2 N–H and O–H groups in total. The van der Waals surface area contributed by atoms with Gasteiger partial charge in [-0.05, 0) is 24.1 Å². The highest BCUT2D eigenvalue weighted by Crippen LogP contribution is 2.18. The Morgan fingerprint density at radius 3 is 2.88 bits per heavy atom. The van der Waals surface area contributed by atoms with Gasteiger partial charge in [-0.3, -0.25) is 0 Å². The maximum absolute atomic E-state index is 5.60. The zero-order chi connectivity index (χ0) is 12.3. The lowest BCUT2D eigenvalue weighted by atomic mass is 10.2. The molecule has 0 saturated heterocycles. The van der Waals surface area contributed by atoms with E-state index in [1.165, 1.54) is 10.5 Å². The lowest BCUT2D eigenvalue weighted by Crippen LogP contribution is -2.02. The highest BCUT2D eigenvalue weighted by Gasteiger charge is 1.96. The largest absolute Gasteiger partial charge is 0.385 e. The lowest BCUT2D eigenvalue weighted by Gasteiger charge is -2.05. The van der Waals surface area contributed by atoms with Crippen molar-refractivity contribution in [3.8, 4) is 0 Å². The Bertz CT molecular complexity index is 307. The van der Waals surface area contributed by atoms with Gasteiger partial charge in [-0.2, -0.15) is 0 Å². The fourth-order valence-corrected chi connectivity index (χ4v) is 2.23. The van der Waals surface area contributed by atoms with Gasteiger partial charge in [0.15, 0.2) is 0 Å². The molecule has 0 atom stereocenters. The maximum atomic E-state index is 5.60. The number of nitrogens with two attached hydrogens (primary N) is 1. The molecule has 96 valence electrons. The van der Waals surface area contributed by atoms with E-state index in [9.17, 15) is 0 Å². The Labute approximate surface area is 108 Å². The van der Waals surface area contributed by atoms with Crippen LogP contribution in [-0.2, 0) is 16.0 Å². The minimum absolute atomic E-state index is 0.599. The minimum atomic E-state index is 0.599. The Kier molecular flexibility index (Phi) is 8.09. The predicted molar refractivity (Wildman–Crippen MR) is 72.4 cm³/mol. The van der Waals surface area contributed by atoms with Crippen molar-refractivity contribution in [1.82, 2.24) is 0 Å². The molecule has 0 amide bonds. The summed E-state index contributed by atoms with van der Waals surface area (Å²) in [4.78, 5) is 1.26. The van der Waals surface area contributed by atoms with Gasteiger partial charge in [0.2, 0.25) is 0 Å². The molecule has 0 aliphatic rings. The molecule has 0 unspecified atom stereocenters. The second-order valence-electron chi connectivity index (χ2n) is 3.66. The zero-order valence-electron chi connectivity index (χ0n) is 10.4. The second-order valence-corrected chi connectivity index (χ2v) is 4.83. The van der Waals surface area contributed by atoms with E-state index < -0.39 is 0 Å². The quantitative estimate of drug-likeness (QED) is 0.543. The number of rotatable bonds is 9. The molecule has 1 aromatic carbocycles. The summed E-state index contributed by atoms with van der Waals surface area (Å²) in [6.07, 6.45) is 0.962. The molecule has 0 bridgehead atoms. The molecule has 17 heavy (non-hydrogen) atoms. The van der Waals surface area contributed by atoms with Gasteiger partial charge in [0.1, 0.15) is 0 Å². The maximum Gasteiger partial charge on any atom is 0.0560 e. The van der Waals surface area contributed by atoms with Crippen molar-refractivity contribution < 1.29 is 9.47 Å². The van der Waals surface area contributed by atoms with E-state index in [1.54, 1.807) is 18.9 Å². The van der Waals surface area contributed by atoms with Gasteiger partial charge in [-0.1, -0.05) is 12.1 Å². The van der Waals surface area contributed by atoms with Crippen LogP contribution >= 0.6 is 11.8 Å². The molecule has 0 saturated carbocycles. The van der Waals surface area contributed by atoms with Gasteiger partial charge in [0.05, 0.1) is 6.61 Å². The topological polar surface area (TPSA) is 44.5 Å². The van der Waals surface area contributed by atoms with Crippen LogP contribution < -0.4 is 5.73 Å². The molecule has 0 fully saturated rings. The van der Waals surface area contributed by atoms with E-state index in [2.05, 4.69) is 12.1 Å². The molecular formula is C13H21NO2S. The van der Waals surface area contributed by atoms with E-state index >= 15 is 0 Å². The molecule has 0 aliphatic heterocycles. The summed E-state index contributed by atoms with van der Waals surface area (Å²) >= 11 is 1.80. The third-order valence-corrected chi connectivity index (χ3v) is 3.23. The van der Waals surface area contributed by atoms with E-state index in [0.29, 0.717) is 6.54 Å². The Morgan fingerprint density at radius 1 is 1.24 bits per heavy atom. The first-order chi connectivity index (χ1) is 8.36. The van der Waals surface area contributed by atoms with Crippen LogP contribution in [0.4, 0.5) is 0 Å². The van der Waals surface area contributed by atoms with Crippen molar-refractivity contribution in [3.63, 3.8) is 0 Å². The summed E-state index contributed by atoms with van der Waals surface area (Å²) in [5, 5.41) is 0. The molecule has 1 aromatic rings. The first-order valence-corrected chi connectivity index (χ1v) is 6.84. The van der Waals surface area contributed by atoms with Gasteiger partial charge in [0.25, 0.3) is 0 Å². The third-order valence-electron chi connectivity index (χ3n) is 2.27. The molecule has 0 aromatic heterocycles. The minimum Gasteiger partial charge on any atom is -0.385 e. The van der Waals surface area contributed by atoms with Crippen LogP contribution in [-0.4, -0.2) is 32.7 Å². The first kappa shape index (κ1) is 14.5. The summed E-state index contributed by atoms with van der Waals surface area (Å²) in [5.41, 5.74) is 6.77. The Balaban J connectivity index is 2.09. The molecule has 0 radical (unpaired) electrons. The molecule has 0 spiro atoms. The van der Waals surface area contributed by atoms with Crippen molar-refractivity contribution in [3.05, 3.63) is 29.8 Å². The van der Waals surface area contributed by atoms with Gasteiger partial charge in [-0.25, -0.2) is 0 Å². The summed E-state index contributed by atoms with van der Waals surface area (Å²) in [6.45, 7) is 2.92. The molecule has 4 heteroatoms. The summed E-state index contributed by atoms with van der Waals surface area (Å²) in [6, 6.07) is 8.33. The van der Waals surface area contributed by atoms with Gasteiger partial charge in [-0.15, -0.1) is 11.8 Å². The normalized spacial score (nSPS) is 10.7. The van der Waals surface area contributed by atoms with Crippen LogP contribution in [0.1, 0.15) is 12.0 Å². The smallest absolute Gasteiger partial charge is 0.0560 e. The fourth-order valence-electron chi connectivity index (χ4n) is 1.39. The monoisotopic (exact) mass is 255 g/mol. The van der Waals surface area contributed by atoms with E-state index in [4.69, 9.17) is 15.2 Å². The van der Waals surface area contributed by atoms with Crippen molar-refractivity contribution in [2.24, 2.45) is 5.73 Å². The van der Waals surface area contributed by atoms with E-state index in [0.717, 1.165) is 32.0 Å². The lowest BCUT2D eigenvalue weighted by molar-refractivity contribution is 0.113. The Morgan fingerprint density at radius 2 is 2.12 bits per heavy atom. The second kappa shape index (κ2) is 9.48. The molecular weight excluding hydrogens is 234 g/mol.